The summed E-state index contributed by atoms with van der Waals surface area (Å²) in [6.07, 6.45) is 3.73. The van der Waals surface area contributed by atoms with Crippen LogP contribution in [0.5, 0.6) is 0 Å². The van der Waals surface area contributed by atoms with Gasteiger partial charge in [-0.3, -0.25) is 4.90 Å². The molecule has 0 rings (SSSR count). The van der Waals surface area contributed by atoms with Crippen LogP contribution in [0.2, 0.25) is 0 Å². The van der Waals surface area contributed by atoms with E-state index in [0.29, 0.717) is 0 Å². The van der Waals surface area contributed by atoms with Crippen LogP contribution in [0.4, 0.5) is 0 Å². The maximum absolute atomic E-state index is 2.74. The molecule has 18 heavy (non-hydrogen) atoms. The first-order chi connectivity index (χ1) is 7.88. The van der Waals surface area contributed by atoms with E-state index in [-0.39, 0.29) is 16.6 Å². The van der Waals surface area contributed by atoms with Gasteiger partial charge in [0.2, 0.25) is 0 Å². The van der Waals surface area contributed by atoms with E-state index in [0.717, 1.165) is 5.92 Å². The van der Waals surface area contributed by atoms with Crippen molar-refractivity contribution >= 4 is 0 Å². The second kappa shape index (κ2) is 5.94. The third kappa shape index (κ3) is 4.57. The van der Waals surface area contributed by atoms with E-state index in [1.807, 2.05) is 0 Å². The third-order valence-corrected chi connectivity index (χ3v) is 4.29. The van der Waals surface area contributed by atoms with Crippen molar-refractivity contribution in [3.63, 3.8) is 0 Å². The van der Waals surface area contributed by atoms with Crippen LogP contribution in [-0.2, 0) is 0 Å². The van der Waals surface area contributed by atoms with Gasteiger partial charge in [0.15, 0.2) is 0 Å². The van der Waals surface area contributed by atoms with E-state index in [1.165, 1.54) is 19.3 Å². The molecule has 0 aromatic heterocycles. The Morgan fingerprint density at radius 2 is 1.28 bits per heavy atom. The maximum Gasteiger partial charge on any atom is 0.0166 e. The van der Waals surface area contributed by atoms with Gasteiger partial charge in [0.05, 0.1) is 0 Å². The molecule has 0 bridgehead atoms. The van der Waals surface area contributed by atoms with Crippen LogP contribution in [0.25, 0.3) is 0 Å². The highest BCUT2D eigenvalue weighted by Gasteiger charge is 2.43. The SMILES string of the molecule is CCC(C)CC(C)(C)N(C(C)(C)C)C(C)(C)CC. The lowest BCUT2D eigenvalue weighted by atomic mass is 9.80. The highest BCUT2D eigenvalue weighted by atomic mass is 15.3. The first-order valence-electron chi connectivity index (χ1n) is 7.69. The molecule has 0 aromatic rings. The molecule has 0 heterocycles. The largest absolute Gasteiger partial charge is 0.288 e. The predicted octanol–water partition coefficient (Wildman–Crippen LogP) is 5.49. The minimum Gasteiger partial charge on any atom is -0.288 e. The molecule has 1 unspecified atom stereocenters. The molecule has 0 N–H and O–H groups in total. The van der Waals surface area contributed by atoms with Gasteiger partial charge >= 0.3 is 0 Å². The summed E-state index contributed by atoms with van der Waals surface area (Å²) >= 11 is 0. The van der Waals surface area contributed by atoms with Crippen molar-refractivity contribution in [1.82, 2.24) is 4.90 Å². The summed E-state index contributed by atoms with van der Waals surface area (Å²) in [5, 5.41) is 0. The molecule has 0 radical (unpaired) electrons. The van der Waals surface area contributed by atoms with Crippen molar-refractivity contribution in [2.24, 2.45) is 5.92 Å². The molecule has 1 nitrogen and oxygen atoms in total. The quantitative estimate of drug-likeness (QED) is 0.606. The van der Waals surface area contributed by atoms with Gasteiger partial charge in [-0.25, -0.2) is 0 Å². The minimum absolute atomic E-state index is 0.205. The van der Waals surface area contributed by atoms with Crippen molar-refractivity contribution in [1.29, 1.82) is 0 Å². The summed E-state index contributed by atoms with van der Waals surface area (Å²) in [7, 11) is 0. The topological polar surface area (TPSA) is 3.24 Å². The molecule has 0 amide bonds. The molecule has 0 fully saturated rings. The molecule has 0 aliphatic carbocycles. The van der Waals surface area contributed by atoms with Crippen molar-refractivity contribution in [3.05, 3.63) is 0 Å². The molecule has 1 heteroatoms. The first kappa shape index (κ1) is 18.0. The lowest BCUT2D eigenvalue weighted by Gasteiger charge is -2.56. The van der Waals surface area contributed by atoms with Gasteiger partial charge in [-0.1, -0.05) is 27.2 Å². The number of hydrogen-bond donors (Lipinski definition) is 0. The molecular formula is C17H37N. The zero-order chi connectivity index (χ0) is 14.8. The zero-order valence-electron chi connectivity index (χ0n) is 14.6. The fourth-order valence-electron chi connectivity index (χ4n) is 3.88. The maximum atomic E-state index is 2.74. The molecule has 0 aromatic carbocycles. The van der Waals surface area contributed by atoms with Crippen LogP contribution in [0.1, 0.15) is 88.5 Å². The number of nitrogens with zero attached hydrogens (tertiary/aromatic N) is 1. The van der Waals surface area contributed by atoms with Crippen molar-refractivity contribution in [2.75, 3.05) is 0 Å². The van der Waals surface area contributed by atoms with Gasteiger partial charge in [0, 0.05) is 16.6 Å². The highest BCUT2D eigenvalue weighted by Crippen LogP contribution is 2.38. The number of hydrogen-bond acceptors (Lipinski definition) is 1. The Labute approximate surface area is 116 Å². The first-order valence-corrected chi connectivity index (χ1v) is 7.69. The average Bonchev–Trinajstić information content (AvgIpc) is 2.13. The fraction of sp³-hybridized carbons (Fsp3) is 1.00. The van der Waals surface area contributed by atoms with Crippen LogP contribution < -0.4 is 0 Å². The summed E-state index contributed by atoms with van der Waals surface area (Å²) < 4.78 is 0. The van der Waals surface area contributed by atoms with Crippen LogP contribution in [-0.4, -0.2) is 21.5 Å². The van der Waals surface area contributed by atoms with Crippen LogP contribution in [0.3, 0.4) is 0 Å². The van der Waals surface area contributed by atoms with Crippen LogP contribution in [0.15, 0.2) is 0 Å². The summed E-state index contributed by atoms with van der Waals surface area (Å²) in [5.74, 6) is 0.789. The van der Waals surface area contributed by atoms with E-state index < -0.39 is 0 Å². The van der Waals surface area contributed by atoms with E-state index in [1.54, 1.807) is 0 Å². The molecule has 0 aliphatic rings. The zero-order valence-corrected chi connectivity index (χ0v) is 14.6. The Hall–Kier alpha value is -0.0400. The second-order valence-electron chi connectivity index (χ2n) is 8.20. The highest BCUT2D eigenvalue weighted by molar-refractivity contribution is 4.98. The van der Waals surface area contributed by atoms with Crippen molar-refractivity contribution in [3.8, 4) is 0 Å². The summed E-state index contributed by atoms with van der Waals surface area (Å²) in [6.45, 7) is 23.6. The summed E-state index contributed by atoms with van der Waals surface area (Å²) in [6, 6.07) is 0. The van der Waals surface area contributed by atoms with Gasteiger partial charge in [0.25, 0.3) is 0 Å². The van der Waals surface area contributed by atoms with E-state index >= 15 is 0 Å². The van der Waals surface area contributed by atoms with Gasteiger partial charge in [0.1, 0.15) is 0 Å². The molecule has 0 aliphatic heterocycles. The molecule has 110 valence electrons. The molecule has 0 saturated heterocycles. The monoisotopic (exact) mass is 255 g/mol. The van der Waals surface area contributed by atoms with Gasteiger partial charge in [-0.2, -0.15) is 0 Å². The Morgan fingerprint density at radius 1 is 0.833 bits per heavy atom. The average molecular weight is 255 g/mol. The normalized spacial score (nSPS) is 16.2. The predicted molar refractivity (Wildman–Crippen MR) is 84.1 cm³/mol. The van der Waals surface area contributed by atoms with Crippen LogP contribution in [0, 0.1) is 5.92 Å². The van der Waals surface area contributed by atoms with Crippen molar-refractivity contribution in [2.45, 2.75) is 105 Å². The molecular weight excluding hydrogens is 218 g/mol. The fourth-order valence-corrected chi connectivity index (χ4v) is 3.88. The second-order valence-corrected chi connectivity index (χ2v) is 8.20. The summed E-state index contributed by atoms with van der Waals surface area (Å²) in [4.78, 5) is 2.74. The molecule has 1 atom stereocenters. The molecule has 0 spiro atoms. The standard InChI is InChI=1S/C17H37N/c1-11-14(3)13-17(9,10)18(15(4,5)6)16(7,8)12-2/h14H,11-13H2,1-10H3. The lowest BCUT2D eigenvalue weighted by molar-refractivity contribution is -0.0683. The molecule has 0 saturated carbocycles. The Kier molecular flexibility index (Phi) is 5.93. The van der Waals surface area contributed by atoms with E-state index in [9.17, 15) is 0 Å². The minimum atomic E-state index is 0.205. The van der Waals surface area contributed by atoms with Gasteiger partial charge < -0.3 is 0 Å². The van der Waals surface area contributed by atoms with Gasteiger partial charge in [-0.05, 0) is 67.2 Å². The van der Waals surface area contributed by atoms with Gasteiger partial charge in [-0.15, -0.1) is 0 Å². The van der Waals surface area contributed by atoms with Crippen LogP contribution >= 0.6 is 0 Å². The van der Waals surface area contributed by atoms with Crippen molar-refractivity contribution < 1.29 is 0 Å². The lowest BCUT2D eigenvalue weighted by Crippen LogP contribution is -2.63. The van der Waals surface area contributed by atoms with E-state index in [4.69, 9.17) is 0 Å². The Morgan fingerprint density at radius 3 is 1.56 bits per heavy atom. The number of rotatable bonds is 6. The third-order valence-electron chi connectivity index (χ3n) is 4.29. The Bertz CT molecular complexity index is 245. The van der Waals surface area contributed by atoms with E-state index in [2.05, 4.69) is 74.1 Å². The smallest absolute Gasteiger partial charge is 0.0166 e. The summed E-state index contributed by atoms with van der Waals surface area (Å²) in [5.41, 5.74) is 0.693. The Balaban J connectivity index is 5.33.